The molecular weight excluding hydrogens is 204 g/mol. The van der Waals surface area contributed by atoms with Crippen LogP contribution in [0.25, 0.3) is 0 Å². The maximum atomic E-state index is 3.86. The quantitative estimate of drug-likeness (QED) is 0.270. The highest BCUT2D eigenvalue weighted by Gasteiger charge is 1.91. The second-order valence-electron chi connectivity index (χ2n) is 5.22. The third-order valence-electron chi connectivity index (χ3n) is 3.13. The summed E-state index contributed by atoms with van der Waals surface area (Å²) in [5.74, 6) is 0. The molecule has 0 unspecified atom stereocenters. The van der Waals surface area contributed by atoms with Gasteiger partial charge in [-0.05, 0) is 19.8 Å². The van der Waals surface area contributed by atoms with Gasteiger partial charge in [0.2, 0.25) is 0 Å². The van der Waals surface area contributed by atoms with Crippen LogP contribution in [0.3, 0.4) is 0 Å². The van der Waals surface area contributed by atoms with Crippen LogP contribution in [0.4, 0.5) is 0 Å². The summed E-state index contributed by atoms with van der Waals surface area (Å²) in [7, 11) is 0. The van der Waals surface area contributed by atoms with E-state index in [1.807, 2.05) is 0 Å². The van der Waals surface area contributed by atoms with Gasteiger partial charge in [-0.1, -0.05) is 89.0 Å². The fourth-order valence-corrected chi connectivity index (χ4v) is 2.03. The topological polar surface area (TPSA) is 0 Å². The van der Waals surface area contributed by atoms with Crippen molar-refractivity contribution in [3.05, 3.63) is 24.3 Å². The predicted molar refractivity (Wildman–Crippen MR) is 80.4 cm³/mol. The van der Waals surface area contributed by atoms with Crippen LogP contribution in [-0.4, -0.2) is 0 Å². The van der Waals surface area contributed by atoms with Gasteiger partial charge >= 0.3 is 0 Å². The molecule has 100 valence electrons. The second kappa shape index (κ2) is 13.5. The lowest BCUT2D eigenvalue weighted by Crippen LogP contribution is -1.81. The maximum Gasteiger partial charge on any atom is -0.0348 e. The molecule has 0 N–H and O–H groups in total. The minimum atomic E-state index is 1.16. The van der Waals surface area contributed by atoms with Crippen LogP contribution < -0.4 is 0 Å². The van der Waals surface area contributed by atoms with Crippen LogP contribution in [0.2, 0.25) is 0 Å². The SMILES string of the molecule is C=C(C)C=CCCCCCCCCCCCC. The lowest BCUT2D eigenvalue weighted by Gasteiger charge is -2.01. The van der Waals surface area contributed by atoms with Crippen molar-refractivity contribution in [2.75, 3.05) is 0 Å². The summed E-state index contributed by atoms with van der Waals surface area (Å²) >= 11 is 0. The Balaban J connectivity index is 3.01. The monoisotopic (exact) mass is 236 g/mol. The summed E-state index contributed by atoms with van der Waals surface area (Å²) < 4.78 is 0. The Morgan fingerprint density at radius 1 is 0.824 bits per heavy atom. The summed E-state index contributed by atoms with van der Waals surface area (Å²) in [6, 6.07) is 0. The normalized spacial score (nSPS) is 11.2. The summed E-state index contributed by atoms with van der Waals surface area (Å²) in [5, 5.41) is 0. The molecule has 0 heteroatoms. The first-order valence-corrected chi connectivity index (χ1v) is 7.59. The zero-order valence-corrected chi connectivity index (χ0v) is 12.1. The molecule has 0 aliphatic heterocycles. The molecule has 17 heavy (non-hydrogen) atoms. The van der Waals surface area contributed by atoms with Gasteiger partial charge in [0.05, 0.1) is 0 Å². The zero-order chi connectivity index (χ0) is 12.8. The number of allylic oxidation sites excluding steroid dienone is 3. The van der Waals surface area contributed by atoms with Crippen LogP contribution in [-0.2, 0) is 0 Å². The van der Waals surface area contributed by atoms with Gasteiger partial charge in [-0.3, -0.25) is 0 Å². The van der Waals surface area contributed by atoms with Crippen molar-refractivity contribution in [2.45, 2.75) is 84.5 Å². The van der Waals surface area contributed by atoms with Crippen molar-refractivity contribution >= 4 is 0 Å². The average molecular weight is 236 g/mol. The summed E-state index contributed by atoms with van der Waals surface area (Å²) in [4.78, 5) is 0. The van der Waals surface area contributed by atoms with Crippen LogP contribution in [0.5, 0.6) is 0 Å². The van der Waals surface area contributed by atoms with Gasteiger partial charge in [-0.15, -0.1) is 0 Å². The number of rotatable bonds is 12. The Morgan fingerprint density at radius 3 is 1.76 bits per heavy atom. The minimum Gasteiger partial charge on any atom is -0.0961 e. The molecule has 0 nitrogen and oxygen atoms in total. The van der Waals surface area contributed by atoms with Gasteiger partial charge in [-0.2, -0.15) is 0 Å². The van der Waals surface area contributed by atoms with E-state index in [0.29, 0.717) is 0 Å². The van der Waals surface area contributed by atoms with Gasteiger partial charge in [0.1, 0.15) is 0 Å². The van der Waals surface area contributed by atoms with Crippen molar-refractivity contribution in [2.24, 2.45) is 0 Å². The van der Waals surface area contributed by atoms with Crippen molar-refractivity contribution < 1.29 is 0 Å². The smallest absolute Gasteiger partial charge is 0.0348 e. The van der Waals surface area contributed by atoms with E-state index in [2.05, 4.69) is 32.6 Å². The summed E-state index contributed by atoms with van der Waals surface area (Å²) in [6.45, 7) is 8.19. The van der Waals surface area contributed by atoms with Crippen molar-refractivity contribution in [3.63, 3.8) is 0 Å². The third kappa shape index (κ3) is 15.5. The largest absolute Gasteiger partial charge is 0.0961 e. The highest BCUT2D eigenvalue weighted by molar-refractivity contribution is 5.10. The highest BCUT2D eigenvalue weighted by atomic mass is 14.0. The van der Waals surface area contributed by atoms with E-state index in [4.69, 9.17) is 0 Å². The Morgan fingerprint density at radius 2 is 1.29 bits per heavy atom. The predicted octanol–water partition coefficient (Wildman–Crippen LogP) is 6.43. The lowest BCUT2D eigenvalue weighted by atomic mass is 10.1. The third-order valence-corrected chi connectivity index (χ3v) is 3.13. The first-order valence-electron chi connectivity index (χ1n) is 7.59. The molecule has 0 aromatic rings. The van der Waals surface area contributed by atoms with Crippen molar-refractivity contribution in [1.82, 2.24) is 0 Å². The fourth-order valence-electron chi connectivity index (χ4n) is 2.03. The molecule has 0 radical (unpaired) electrons. The van der Waals surface area contributed by atoms with Gasteiger partial charge < -0.3 is 0 Å². The maximum absolute atomic E-state index is 3.86. The minimum absolute atomic E-state index is 1.16. The fraction of sp³-hybridized carbons (Fsp3) is 0.765. The number of hydrogen-bond donors (Lipinski definition) is 0. The van der Waals surface area contributed by atoms with Crippen LogP contribution in [0.1, 0.15) is 84.5 Å². The van der Waals surface area contributed by atoms with Gasteiger partial charge in [0.15, 0.2) is 0 Å². The molecule has 0 aromatic carbocycles. The molecule has 0 spiro atoms. The van der Waals surface area contributed by atoms with Crippen LogP contribution in [0, 0.1) is 0 Å². The van der Waals surface area contributed by atoms with E-state index >= 15 is 0 Å². The number of unbranched alkanes of at least 4 members (excludes halogenated alkanes) is 10. The Bertz CT molecular complexity index is 188. The standard InChI is InChI=1S/C17H32/c1-4-5-6-7-8-9-10-11-12-13-14-15-16-17(2)3/h15-16H,2,4-14H2,1,3H3. The Kier molecular flexibility index (Phi) is 13.1. The van der Waals surface area contributed by atoms with Crippen LogP contribution >= 0.6 is 0 Å². The molecule has 0 rings (SSSR count). The van der Waals surface area contributed by atoms with Gasteiger partial charge in [0.25, 0.3) is 0 Å². The first-order chi connectivity index (χ1) is 8.27. The molecule has 0 heterocycles. The van der Waals surface area contributed by atoms with Crippen LogP contribution in [0.15, 0.2) is 24.3 Å². The molecule has 0 atom stereocenters. The van der Waals surface area contributed by atoms with Crippen molar-refractivity contribution in [3.8, 4) is 0 Å². The Hall–Kier alpha value is -0.520. The molecule has 0 bridgehead atoms. The van der Waals surface area contributed by atoms with Gasteiger partial charge in [-0.25, -0.2) is 0 Å². The molecular formula is C17H32. The first kappa shape index (κ1) is 16.5. The number of hydrogen-bond acceptors (Lipinski definition) is 0. The molecule has 0 aliphatic rings. The second-order valence-corrected chi connectivity index (χ2v) is 5.22. The highest BCUT2D eigenvalue weighted by Crippen LogP contribution is 2.11. The van der Waals surface area contributed by atoms with E-state index in [0.717, 1.165) is 5.57 Å². The van der Waals surface area contributed by atoms with E-state index < -0.39 is 0 Å². The summed E-state index contributed by atoms with van der Waals surface area (Å²) in [5.41, 5.74) is 1.16. The molecule has 0 aromatic heterocycles. The lowest BCUT2D eigenvalue weighted by molar-refractivity contribution is 0.557. The van der Waals surface area contributed by atoms with E-state index in [1.54, 1.807) is 0 Å². The molecule has 0 aliphatic carbocycles. The zero-order valence-electron chi connectivity index (χ0n) is 12.1. The van der Waals surface area contributed by atoms with E-state index in [-0.39, 0.29) is 0 Å². The molecule has 0 amide bonds. The molecule has 0 fully saturated rings. The Labute approximate surface area is 109 Å². The summed E-state index contributed by atoms with van der Waals surface area (Å²) in [6.07, 6.45) is 19.8. The van der Waals surface area contributed by atoms with Gasteiger partial charge in [0, 0.05) is 0 Å². The van der Waals surface area contributed by atoms with Crippen molar-refractivity contribution in [1.29, 1.82) is 0 Å². The van der Waals surface area contributed by atoms with E-state index in [1.165, 1.54) is 70.6 Å². The average Bonchev–Trinajstić information content (AvgIpc) is 2.30. The molecule has 0 saturated heterocycles. The van der Waals surface area contributed by atoms with E-state index in [9.17, 15) is 0 Å². The molecule has 0 saturated carbocycles.